The third-order valence-electron chi connectivity index (χ3n) is 3.50. The molecule has 0 spiro atoms. The van der Waals surface area contributed by atoms with E-state index in [4.69, 9.17) is 34.8 Å². The Hall–Kier alpha value is -0.410. The van der Waals surface area contributed by atoms with Crippen molar-refractivity contribution in [3.8, 4) is 0 Å². The molecule has 1 aliphatic carbocycles. The van der Waals surface area contributed by atoms with Crippen LogP contribution in [0.3, 0.4) is 0 Å². The van der Waals surface area contributed by atoms with Gasteiger partial charge in [-0.15, -0.1) is 0 Å². The predicted molar refractivity (Wildman–Crippen MR) is 90.4 cm³/mol. The molecular weight excluding hydrogens is 380 g/mol. The molecule has 0 aliphatic heterocycles. The van der Waals surface area contributed by atoms with Gasteiger partial charge in [0.15, 0.2) is 0 Å². The fourth-order valence-corrected chi connectivity index (χ4v) is 3.57. The van der Waals surface area contributed by atoms with Crippen LogP contribution in [0.2, 0.25) is 15.1 Å². The summed E-state index contributed by atoms with van der Waals surface area (Å²) >= 11 is 21.8. The molecule has 1 N–H and O–H groups in total. The molecule has 0 heterocycles. The minimum Gasteiger partial charge on any atom is -0.380 e. The molecule has 2 aromatic rings. The Bertz CT molecular complexity index is 672. The largest absolute Gasteiger partial charge is 0.380 e. The number of rotatable bonds is 2. The van der Waals surface area contributed by atoms with Gasteiger partial charge in [-0.3, -0.25) is 0 Å². The van der Waals surface area contributed by atoms with Gasteiger partial charge in [-0.1, -0.05) is 40.9 Å². The lowest BCUT2D eigenvalue weighted by Gasteiger charge is -2.16. The summed E-state index contributed by atoms with van der Waals surface area (Å²) in [6, 6.07) is 10.2. The molecule has 1 unspecified atom stereocenters. The summed E-state index contributed by atoms with van der Waals surface area (Å²) in [6.45, 7) is 0. The summed E-state index contributed by atoms with van der Waals surface area (Å²) < 4.78 is 0.802. The Balaban J connectivity index is 1.80. The highest BCUT2D eigenvalue weighted by atomic mass is 79.9. The van der Waals surface area contributed by atoms with Crippen molar-refractivity contribution in [1.29, 1.82) is 0 Å². The second-order valence-corrected chi connectivity index (χ2v) is 6.93. The Kier molecular flexibility index (Phi) is 4.19. The quantitative estimate of drug-likeness (QED) is 0.620. The third-order valence-corrected chi connectivity index (χ3v) is 5.50. The maximum atomic E-state index is 6.27. The highest BCUT2D eigenvalue weighted by Gasteiger charge is 2.22. The van der Waals surface area contributed by atoms with Crippen LogP contribution in [-0.4, -0.2) is 6.04 Å². The Morgan fingerprint density at radius 1 is 0.950 bits per heavy atom. The minimum absolute atomic E-state index is 0.318. The number of anilines is 1. The van der Waals surface area contributed by atoms with Gasteiger partial charge in [0, 0.05) is 15.5 Å². The molecule has 1 aliphatic rings. The average Bonchev–Trinajstić information content (AvgIpc) is 2.81. The first-order valence-electron chi connectivity index (χ1n) is 6.22. The first-order valence-corrected chi connectivity index (χ1v) is 8.14. The number of benzene rings is 2. The monoisotopic (exact) mass is 389 g/mol. The molecule has 0 saturated carbocycles. The summed E-state index contributed by atoms with van der Waals surface area (Å²) in [5.41, 5.74) is 3.50. The van der Waals surface area contributed by atoms with Crippen LogP contribution >= 0.6 is 50.7 Å². The molecule has 0 radical (unpaired) electrons. The minimum atomic E-state index is 0.318. The highest BCUT2D eigenvalue weighted by Crippen LogP contribution is 2.37. The summed E-state index contributed by atoms with van der Waals surface area (Å²) in [5.74, 6) is 0. The Morgan fingerprint density at radius 2 is 1.70 bits per heavy atom. The van der Waals surface area contributed by atoms with Crippen molar-refractivity contribution in [3.05, 3.63) is 61.0 Å². The maximum absolute atomic E-state index is 6.27. The Morgan fingerprint density at radius 3 is 2.50 bits per heavy atom. The van der Waals surface area contributed by atoms with Crippen LogP contribution in [0, 0.1) is 0 Å². The van der Waals surface area contributed by atoms with Gasteiger partial charge in [-0.05, 0) is 64.2 Å². The summed E-state index contributed by atoms with van der Waals surface area (Å²) in [6.07, 6.45) is 1.91. The van der Waals surface area contributed by atoms with Gasteiger partial charge in [0.1, 0.15) is 0 Å². The van der Waals surface area contributed by atoms with Crippen LogP contribution in [0.5, 0.6) is 0 Å². The molecule has 2 aromatic carbocycles. The van der Waals surface area contributed by atoms with E-state index < -0.39 is 0 Å². The van der Waals surface area contributed by atoms with Gasteiger partial charge in [0.05, 0.1) is 15.7 Å². The first kappa shape index (κ1) is 14.5. The van der Waals surface area contributed by atoms with Crippen molar-refractivity contribution in [3.63, 3.8) is 0 Å². The van der Waals surface area contributed by atoms with E-state index in [-0.39, 0.29) is 0 Å². The molecule has 5 heteroatoms. The number of fused-ring (bicyclic) bond motifs is 1. The zero-order valence-electron chi connectivity index (χ0n) is 10.4. The van der Waals surface area contributed by atoms with Gasteiger partial charge in [-0.25, -0.2) is 0 Å². The number of nitrogens with one attached hydrogen (secondary N) is 1. The van der Waals surface area contributed by atoms with Crippen molar-refractivity contribution < 1.29 is 0 Å². The third kappa shape index (κ3) is 2.80. The van der Waals surface area contributed by atoms with E-state index in [1.165, 1.54) is 11.1 Å². The number of hydrogen-bond acceptors (Lipinski definition) is 1. The zero-order chi connectivity index (χ0) is 14.3. The van der Waals surface area contributed by atoms with Crippen molar-refractivity contribution >= 4 is 56.4 Å². The molecule has 0 aromatic heterocycles. The molecule has 104 valence electrons. The van der Waals surface area contributed by atoms with Gasteiger partial charge in [0.2, 0.25) is 0 Å². The highest BCUT2D eigenvalue weighted by molar-refractivity contribution is 9.10. The van der Waals surface area contributed by atoms with Gasteiger partial charge < -0.3 is 5.32 Å². The average molecular weight is 392 g/mol. The number of hydrogen-bond donors (Lipinski definition) is 1. The van der Waals surface area contributed by atoms with E-state index in [0.29, 0.717) is 16.1 Å². The SMILES string of the molecule is Clc1ccc2c(c1)CC(Nc1ccc(Br)c(Cl)c1Cl)C2. The van der Waals surface area contributed by atoms with Crippen LogP contribution in [0.1, 0.15) is 11.1 Å². The van der Waals surface area contributed by atoms with Crippen LogP contribution < -0.4 is 5.32 Å². The molecule has 20 heavy (non-hydrogen) atoms. The van der Waals surface area contributed by atoms with Crippen LogP contribution in [-0.2, 0) is 12.8 Å². The molecule has 0 saturated heterocycles. The fraction of sp³-hybridized carbons (Fsp3) is 0.200. The zero-order valence-corrected chi connectivity index (χ0v) is 14.2. The van der Waals surface area contributed by atoms with Crippen LogP contribution in [0.4, 0.5) is 5.69 Å². The summed E-state index contributed by atoms with van der Waals surface area (Å²) in [7, 11) is 0. The molecule has 0 fully saturated rings. The molecule has 1 nitrogen and oxygen atoms in total. The molecule has 1 atom stereocenters. The van der Waals surface area contributed by atoms with Gasteiger partial charge >= 0.3 is 0 Å². The van der Waals surface area contributed by atoms with Crippen molar-refractivity contribution in [2.24, 2.45) is 0 Å². The van der Waals surface area contributed by atoms with E-state index in [1.807, 2.05) is 24.3 Å². The lowest BCUT2D eigenvalue weighted by Crippen LogP contribution is -2.19. The second-order valence-electron chi connectivity index (χ2n) is 4.89. The molecular formula is C15H11BrCl3N. The molecule has 3 rings (SSSR count). The van der Waals surface area contributed by atoms with Crippen molar-refractivity contribution in [2.75, 3.05) is 5.32 Å². The topological polar surface area (TPSA) is 12.0 Å². The van der Waals surface area contributed by atoms with Crippen molar-refractivity contribution in [1.82, 2.24) is 0 Å². The van der Waals surface area contributed by atoms with E-state index in [1.54, 1.807) is 0 Å². The predicted octanol–water partition coefficient (Wildman–Crippen LogP) is 5.99. The Labute approximate surface area is 141 Å². The number of halogens is 4. The van der Waals surface area contributed by atoms with Crippen LogP contribution in [0.25, 0.3) is 0 Å². The fourth-order valence-electron chi connectivity index (χ4n) is 2.55. The van der Waals surface area contributed by atoms with E-state index in [2.05, 4.69) is 27.3 Å². The van der Waals surface area contributed by atoms with E-state index >= 15 is 0 Å². The summed E-state index contributed by atoms with van der Waals surface area (Å²) in [5, 5.41) is 5.34. The van der Waals surface area contributed by atoms with E-state index in [0.717, 1.165) is 28.0 Å². The molecule has 0 amide bonds. The van der Waals surface area contributed by atoms with Crippen LogP contribution in [0.15, 0.2) is 34.8 Å². The smallest absolute Gasteiger partial charge is 0.0835 e. The van der Waals surface area contributed by atoms with E-state index in [9.17, 15) is 0 Å². The normalized spacial score (nSPS) is 17.1. The van der Waals surface area contributed by atoms with Gasteiger partial charge in [0.25, 0.3) is 0 Å². The first-order chi connectivity index (χ1) is 9.54. The van der Waals surface area contributed by atoms with Gasteiger partial charge in [-0.2, -0.15) is 0 Å². The standard InChI is InChI=1S/C15H11BrCl3N/c16-12-3-4-13(15(19)14(12)18)20-11-6-8-1-2-10(17)5-9(8)7-11/h1-5,11,20H,6-7H2. The summed E-state index contributed by atoms with van der Waals surface area (Å²) in [4.78, 5) is 0. The lowest BCUT2D eigenvalue weighted by atomic mass is 10.1. The maximum Gasteiger partial charge on any atom is 0.0835 e. The second kappa shape index (κ2) is 5.76. The lowest BCUT2D eigenvalue weighted by molar-refractivity contribution is 0.774. The molecule has 0 bridgehead atoms. The van der Waals surface area contributed by atoms with Crippen molar-refractivity contribution in [2.45, 2.75) is 18.9 Å².